The highest BCUT2D eigenvalue weighted by atomic mass is 19.3. The van der Waals surface area contributed by atoms with Crippen molar-refractivity contribution in [1.29, 1.82) is 0 Å². The zero-order valence-electron chi connectivity index (χ0n) is 23.5. The number of ether oxygens (including phenoxy) is 3. The minimum Gasteiger partial charge on any atom is -0.489 e. The van der Waals surface area contributed by atoms with Crippen LogP contribution in [0.3, 0.4) is 0 Å². The summed E-state index contributed by atoms with van der Waals surface area (Å²) in [5.41, 5.74) is -0.289. The summed E-state index contributed by atoms with van der Waals surface area (Å²) < 4.78 is 47.9. The molecular formula is C28H37F2N4O6. The largest absolute Gasteiger partial charge is 0.489 e. The number of aromatic nitrogens is 1. The second-order valence-corrected chi connectivity index (χ2v) is 11.3. The molecule has 2 heterocycles. The lowest BCUT2D eigenvalue weighted by atomic mass is 10.1. The van der Waals surface area contributed by atoms with E-state index in [2.05, 4.69) is 22.1 Å². The summed E-state index contributed by atoms with van der Waals surface area (Å²) in [7, 11) is 3.99. The van der Waals surface area contributed by atoms with Crippen LogP contribution in [0.5, 0.6) is 11.5 Å². The Morgan fingerprint density at radius 3 is 2.58 bits per heavy atom. The summed E-state index contributed by atoms with van der Waals surface area (Å²) >= 11 is 0. The summed E-state index contributed by atoms with van der Waals surface area (Å²) in [6.07, 6.45) is 1.35. The maximum Gasteiger partial charge on any atom is 0.408 e. The van der Waals surface area contributed by atoms with E-state index in [-0.39, 0.29) is 40.8 Å². The first-order valence-corrected chi connectivity index (χ1v) is 13.4. The lowest BCUT2D eigenvalue weighted by Gasteiger charge is -2.37. The summed E-state index contributed by atoms with van der Waals surface area (Å²) in [6, 6.07) is 3.62. The quantitative estimate of drug-likeness (QED) is 0.441. The van der Waals surface area contributed by atoms with Crippen LogP contribution >= 0.6 is 0 Å². The number of hydrogen-bond donors (Lipinski definition) is 1. The predicted octanol–water partition coefficient (Wildman–Crippen LogP) is 5.26. The number of oxazole rings is 1. The van der Waals surface area contributed by atoms with E-state index in [9.17, 15) is 18.4 Å². The molecule has 1 aliphatic carbocycles. The molecule has 2 aromatic rings. The maximum atomic E-state index is 13.7. The highest BCUT2D eigenvalue weighted by Crippen LogP contribution is 2.37. The molecule has 1 radical (unpaired) electrons. The molecule has 2 fully saturated rings. The van der Waals surface area contributed by atoms with Gasteiger partial charge in [-0.15, -0.1) is 0 Å². The minimum absolute atomic E-state index is 0.0385. The van der Waals surface area contributed by atoms with E-state index in [0.29, 0.717) is 37.7 Å². The number of carbonyl (C=O) groups is 2. The summed E-state index contributed by atoms with van der Waals surface area (Å²) in [6.45, 7) is 7.69. The van der Waals surface area contributed by atoms with E-state index in [1.165, 1.54) is 18.2 Å². The Hall–Kier alpha value is -3.41. The van der Waals surface area contributed by atoms with Crippen molar-refractivity contribution in [1.82, 2.24) is 20.1 Å². The second kappa shape index (κ2) is 12.0. The summed E-state index contributed by atoms with van der Waals surface area (Å²) in [4.78, 5) is 34.2. The van der Waals surface area contributed by atoms with Crippen molar-refractivity contribution in [3.05, 3.63) is 36.7 Å². The van der Waals surface area contributed by atoms with E-state index in [0.717, 1.165) is 12.8 Å². The van der Waals surface area contributed by atoms with Crippen LogP contribution in [-0.4, -0.2) is 71.3 Å². The van der Waals surface area contributed by atoms with Gasteiger partial charge in [0.15, 0.2) is 23.0 Å². The van der Waals surface area contributed by atoms with Crippen LogP contribution in [0.15, 0.2) is 22.6 Å². The molecule has 2 amide bonds. The number of nitrogens with one attached hydrogen (secondary N) is 1. The summed E-state index contributed by atoms with van der Waals surface area (Å²) in [5.74, 6) is 0.246. The smallest absolute Gasteiger partial charge is 0.408 e. The molecule has 219 valence electrons. The number of benzene rings is 1. The molecule has 0 spiro atoms. The fourth-order valence-electron chi connectivity index (χ4n) is 4.22. The number of nitrogens with zero attached hydrogens (tertiary/aromatic N) is 3. The van der Waals surface area contributed by atoms with Crippen LogP contribution in [0.2, 0.25) is 0 Å². The van der Waals surface area contributed by atoms with Gasteiger partial charge >= 0.3 is 12.7 Å². The monoisotopic (exact) mass is 563 g/mol. The fraction of sp³-hybridized carbons (Fsp3) is 0.571. The van der Waals surface area contributed by atoms with Crippen molar-refractivity contribution >= 4 is 12.0 Å². The molecule has 0 unspecified atom stereocenters. The average molecular weight is 564 g/mol. The van der Waals surface area contributed by atoms with E-state index < -0.39 is 24.3 Å². The molecular weight excluding hydrogens is 526 g/mol. The van der Waals surface area contributed by atoms with Crippen LogP contribution < -0.4 is 14.8 Å². The zero-order valence-corrected chi connectivity index (χ0v) is 23.5. The molecule has 2 aliphatic rings. The molecule has 10 nitrogen and oxygen atoms in total. The number of piperazine rings is 1. The van der Waals surface area contributed by atoms with Crippen LogP contribution in [0.4, 0.5) is 13.6 Å². The van der Waals surface area contributed by atoms with Gasteiger partial charge in [0, 0.05) is 38.3 Å². The van der Waals surface area contributed by atoms with Crippen LogP contribution in [0, 0.1) is 13.0 Å². The Bertz CT molecular complexity index is 1210. The number of halogens is 2. The number of rotatable bonds is 9. The molecule has 40 heavy (non-hydrogen) atoms. The van der Waals surface area contributed by atoms with Crippen molar-refractivity contribution in [3.63, 3.8) is 0 Å². The Kier molecular flexibility index (Phi) is 8.86. The van der Waals surface area contributed by atoms with Gasteiger partial charge in [0.2, 0.25) is 5.89 Å². The normalized spacial score (nSPS) is 18.9. The molecule has 1 aromatic carbocycles. The molecule has 1 saturated carbocycles. The third-order valence-corrected chi connectivity index (χ3v) is 6.61. The first-order chi connectivity index (χ1) is 18.8. The molecule has 2 atom stereocenters. The van der Waals surface area contributed by atoms with Crippen molar-refractivity contribution < 1.29 is 37.0 Å². The van der Waals surface area contributed by atoms with Crippen molar-refractivity contribution in [2.45, 2.75) is 71.8 Å². The van der Waals surface area contributed by atoms with Gasteiger partial charge in [-0.2, -0.15) is 8.78 Å². The average Bonchev–Trinajstić information content (AvgIpc) is 3.58. The number of carbonyl (C=O) groups excluding carboxylic acids is 2. The molecule has 1 saturated heterocycles. The number of alkyl halides is 2. The van der Waals surface area contributed by atoms with E-state index in [1.807, 2.05) is 11.8 Å². The van der Waals surface area contributed by atoms with E-state index in [1.54, 1.807) is 32.6 Å². The van der Waals surface area contributed by atoms with E-state index >= 15 is 0 Å². The van der Waals surface area contributed by atoms with Crippen LogP contribution in [0.25, 0.3) is 11.5 Å². The predicted molar refractivity (Wildman–Crippen MR) is 142 cm³/mol. The second-order valence-electron chi connectivity index (χ2n) is 11.3. The highest BCUT2D eigenvalue weighted by Gasteiger charge is 2.33. The molecule has 12 heteroatoms. The molecule has 1 N–H and O–H groups in total. The molecule has 0 bridgehead atoms. The first kappa shape index (κ1) is 29.6. The SMILES string of the molecule is [CH2]N1CCN(C(=O)c2nc(-c3ccc(OC(F)F)c(OCC4CC4)c3)oc2[C@H](C)NC(=O)OC(C)(C)C)C[C@H]1C. The zero-order chi connectivity index (χ0) is 29.2. The van der Waals surface area contributed by atoms with Gasteiger partial charge in [-0.3, -0.25) is 9.69 Å². The van der Waals surface area contributed by atoms with Gasteiger partial charge in [0.05, 0.1) is 12.6 Å². The Labute approximate surface area is 232 Å². The lowest BCUT2D eigenvalue weighted by Crippen LogP contribution is -2.51. The van der Waals surface area contributed by atoms with Gasteiger partial charge in [0.25, 0.3) is 5.91 Å². The van der Waals surface area contributed by atoms with Crippen molar-refractivity contribution in [2.75, 3.05) is 26.2 Å². The topological polar surface area (TPSA) is 106 Å². The third-order valence-electron chi connectivity index (χ3n) is 6.61. The number of hydrogen-bond acceptors (Lipinski definition) is 8. The Morgan fingerprint density at radius 2 is 1.95 bits per heavy atom. The number of alkyl carbamates (subject to hydrolysis) is 1. The van der Waals surface area contributed by atoms with Gasteiger partial charge < -0.3 is 28.8 Å². The molecule has 4 rings (SSSR count). The summed E-state index contributed by atoms with van der Waals surface area (Å²) in [5, 5.41) is 2.70. The van der Waals surface area contributed by atoms with Gasteiger partial charge in [-0.05, 0) is 71.6 Å². The van der Waals surface area contributed by atoms with Crippen molar-refractivity contribution in [3.8, 4) is 23.0 Å². The van der Waals surface area contributed by atoms with Crippen molar-refractivity contribution in [2.24, 2.45) is 5.92 Å². The number of amides is 2. The minimum atomic E-state index is -3.02. The Balaban J connectivity index is 1.67. The highest BCUT2D eigenvalue weighted by molar-refractivity contribution is 5.94. The molecule has 1 aromatic heterocycles. The van der Waals surface area contributed by atoms with Crippen LogP contribution in [-0.2, 0) is 4.74 Å². The van der Waals surface area contributed by atoms with Gasteiger partial charge in [-0.25, -0.2) is 9.78 Å². The fourth-order valence-corrected chi connectivity index (χ4v) is 4.22. The van der Waals surface area contributed by atoms with Gasteiger partial charge in [-0.1, -0.05) is 0 Å². The standard InChI is InChI=1S/C28H37F2N4O6/c1-16-14-34(12-11-33(16)6)25(35)22-23(17(2)31-27(36)40-28(3,4)5)39-24(32-22)19-9-10-20(38-26(29)30)21(13-19)37-15-18-7-8-18/h9-10,13,16-18,26H,6-8,11-12,14-15H2,1-5H3,(H,31,36)/t16-,17+/m1/s1. The first-order valence-electron chi connectivity index (χ1n) is 13.4. The lowest BCUT2D eigenvalue weighted by molar-refractivity contribution is -0.0515. The third kappa shape index (κ3) is 7.61. The van der Waals surface area contributed by atoms with Crippen LogP contribution in [0.1, 0.15) is 69.8 Å². The van der Waals surface area contributed by atoms with Gasteiger partial charge in [0.1, 0.15) is 5.60 Å². The Morgan fingerprint density at radius 1 is 1.23 bits per heavy atom. The molecule has 1 aliphatic heterocycles. The van der Waals surface area contributed by atoms with E-state index in [4.69, 9.17) is 13.9 Å². The maximum absolute atomic E-state index is 13.7.